The first-order valence-electron chi connectivity index (χ1n) is 10.8. The zero-order chi connectivity index (χ0) is 23.8. The first-order chi connectivity index (χ1) is 16.5. The molecule has 1 aromatic heterocycles. The van der Waals surface area contributed by atoms with Gasteiger partial charge in [0.1, 0.15) is 5.82 Å². The second-order valence-electron chi connectivity index (χ2n) is 8.11. The second kappa shape index (κ2) is 8.76. The zero-order valence-electron chi connectivity index (χ0n) is 18.6. The molecule has 0 radical (unpaired) electrons. The molecule has 5 rings (SSSR count). The Labute approximate surface area is 201 Å². The maximum Gasteiger partial charge on any atom is 0.273 e. The monoisotopic (exact) mass is 469 g/mol. The van der Waals surface area contributed by atoms with Crippen molar-refractivity contribution >= 4 is 45.3 Å². The van der Waals surface area contributed by atoms with Crippen molar-refractivity contribution in [2.45, 2.75) is 13.8 Å². The van der Waals surface area contributed by atoms with Gasteiger partial charge in [-0.1, -0.05) is 60.1 Å². The molecule has 0 aliphatic heterocycles. The van der Waals surface area contributed by atoms with Gasteiger partial charge < -0.3 is 4.57 Å². The number of hydrogen-bond acceptors (Lipinski definition) is 2. The largest absolute Gasteiger partial charge is 0.318 e. The van der Waals surface area contributed by atoms with Gasteiger partial charge in [0.2, 0.25) is 0 Å². The number of nitrogens with one attached hydrogen (secondary N) is 1. The molecule has 1 amide bonds. The molecule has 4 nitrogen and oxygen atoms in total. The number of halogens is 2. The highest BCUT2D eigenvalue weighted by molar-refractivity contribution is 6.42. The Hall–Kier alpha value is -3.96. The molecule has 168 valence electrons. The van der Waals surface area contributed by atoms with E-state index < -0.39 is 0 Å². The van der Waals surface area contributed by atoms with E-state index in [0.29, 0.717) is 10.6 Å². The molecule has 0 saturated heterocycles. The van der Waals surface area contributed by atoms with Crippen LogP contribution in [0.5, 0.6) is 0 Å². The Morgan fingerprint density at radius 1 is 0.912 bits per heavy atom. The number of benzene rings is 4. The minimum atomic E-state index is -0.319. The van der Waals surface area contributed by atoms with Crippen molar-refractivity contribution < 1.29 is 9.18 Å². The van der Waals surface area contributed by atoms with E-state index >= 15 is 0 Å². The molecule has 0 aliphatic rings. The van der Waals surface area contributed by atoms with Gasteiger partial charge in [-0.2, -0.15) is 5.10 Å². The number of hydrazone groups is 1. The number of rotatable bonds is 4. The van der Waals surface area contributed by atoms with Crippen LogP contribution in [0.3, 0.4) is 0 Å². The highest BCUT2D eigenvalue weighted by atomic mass is 35.5. The van der Waals surface area contributed by atoms with Crippen LogP contribution in [-0.2, 0) is 0 Å². The number of carbonyl (C=O) groups is 1. The molecule has 6 heteroatoms. The minimum absolute atomic E-state index is 0.305. The second-order valence-corrected chi connectivity index (χ2v) is 8.49. The average Bonchev–Trinajstić information content (AvgIpc) is 3.15. The van der Waals surface area contributed by atoms with Gasteiger partial charge in [0.05, 0.1) is 16.8 Å². The van der Waals surface area contributed by atoms with Gasteiger partial charge in [0.25, 0.3) is 5.91 Å². The van der Waals surface area contributed by atoms with Gasteiger partial charge in [-0.25, -0.2) is 9.82 Å². The summed E-state index contributed by atoms with van der Waals surface area (Å²) in [5.41, 5.74) is 6.45. The predicted molar refractivity (Wildman–Crippen MR) is 137 cm³/mol. The molecule has 0 bridgehead atoms. The number of aromatic nitrogens is 1. The van der Waals surface area contributed by atoms with Gasteiger partial charge in [0.15, 0.2) is 0 Å². The summed E-state index contributed by atoms with van der Waals surface area (Å²) >= 11 is 6.67. The molecule has 0 spiro atoms. The quantitative estimate of drug-likeness (QED) is 0.173. The van der Waals surface area contributed by atoms with Crippen LogP contribution in [-0.4, -0.2) is 16.7 Å². The number of carbonyl (C=O) groups excluding carboxylic acids is 1. The summed E-state index contributed by atoms with van der Waals surface area (Å²) in [6.45, 7) is 3.76. The molecule has 0 aliphatic carbocycles. The van der Waals surface area contributed by atoms with E-state index in [2.05, 4.69) is 10.5 Å². The average molecular weight is 470 g/mol. The maximum atomic E-state index is 13.3. The van der Waals surface area contributed by atoms with Crippen LogP contribution in [0.15, 0.2) is 84.0 Å². The number of nitrogens with zero attached hydrogens (tertiary/aromatic N) is 2. The SMILES string of the molecule is Cc1cc(C(=O)N/N=C/c2c3ccccc3c(Cl)c3ccccc23)c(C)n1-c1ccc(F)cc1. The van der Waals surface area contributed by atoms with Crippen molar-refractivity contribution in [1.82, 2.24) is 9.99 Å². The van der Waals surface area contributed by atoms with Crippen LogP contribution in [0.4, 0.5) is 4.39 Å². The molecule has 0 fully saturated rings. The summed E-state index contributed by atoms with van der Waals surface area (Å²) < 4.78 is 15.3. The van der Waals surface area contributed by atoms with Gasteiger partial charge in [-0.05, 0) is 55.0 Å². The Kier molecular flexibility index (Phi) is 5.64. The predicted octanol–water partition coefficient (Wildman–Crippen LogP) is 6.96. The number of fused-ring (bicyclic) bond motifs is 2. The summed E-state index contributed by atoms with van der Waals surface area (Å²) in [7, 11) is 0. The van der Waals surface area contributed by atoms with Gasteiger partial charge in [-0.15, -0.1) is 0 Å². The zero-order valence-corrected chi connectivity index (χ0v) is 19.4. The third-order valence-corrected chi connectivity index (χ3v) is 6.43. The van der Waals surface area contributed by atoms with Crippen LogP contribution in [0, 0.1) is 19.7 Å². The Morgan fingerprint density at radius 2 is 1.47 bits per heavy atom. The topological polar surface area (TPSA) is 46.4 Å². The summed E-state index contributed by atoms with van der Waals surface area (Å²) in [4.78, 5) is 13.0. The fourth-order valence-electron chi connectivity index (χ4n) is 4.44. The molecule has 0 unspecified atom stereocenters. The van der Waals surface area contributed by atoms with E-state index in [1.165, 1.54) is 12.1 Å². The first kappa shape index (κ1) is 21.9. The summed E-state index contributed by atoms with van der Waals surface area (Å²) in [5.74, 6) is -0.624. The number of amides is 1. The van der Waals surface area contributed by atoms with Crippen molar-refractivity contribution in [1.29, 1.82) is 0 Å². The molecule has 1 N–H and O–H groups in total. The third kappa shape index (κ3) is 3.74. The van der Waals surface area contributed by atoms with E-state index in [1.54, 1.807) is 24.4 Å². The summed E-state index contributed by atoms with van der Waals surface area (Å²) in [6.07, 6.45) is 1.66. The van der Waals surface area contributed by atoms with Crippen molar-refractivity contribution in [2.75, 3.05) is 0 Å². The lowest BCUT2D eigenvalue weighted by Crippen LogP contribution is -2.18. The summed E-state index contributed by atoms with van der Waals surface area (Å²) in [6, 6.07) is 23.7. The van der Waals surface area contributed by atoms with E-state index in [0.717, 1.165) is 44.2 Å². The highest BCUT2D eigenvalue weighted by Gasteiger charge is 2.17. The number of hydrogen-bond donors (Lipinski definition) is 1. The number of aryl methyl sites for hydroxylation is 1. The van der Waals surface area contributed by atoms with Crippen molar-refractivity contribution in [3.8, 4) is 5.69 Å². The highest BCUT2D eigenvalue weighted by Crippen LogP contribution is 2.35. The molecule has 34 heavy (non-hydrogen) atoms. The Bertz CT molecular complexity index is 1530. The van der Waals surface area contributed by atoms with Crippen molar-refractivity contribution in [3.05, 3.63) is 112 Å². The lowest BCUT2D eigenvalue weighted by molar-refractivity contribution is 0.0954. The van der Waals surface area contributed by atoms with E-state index in [1.807, 2.05) is 66.9 Å². The van der Waals surface area contributed by atoms with Crippen LogP contribution < -0.4 is 5.43 Å². The van der Waals surface area contributed by atoms with Crippen LogP contribution >= 0.6 is 11.6 Å². The lowest BCUT2D eigenvalue weighted by Gasteiger charge is -2.11. The standard InChI is InChI=1S/C28H21ClFN3O/c1-17-15-25(18(2)33(17)20-13-11-19(30)12-14-20)28(34)32-31-16-26-21-7-3-5-9-23(21)27(29)24-10-6-4-8-22(24)26/h3-16H,1-2H3,(H,32,34)/b31-16+. The van der Waals surface area contributed by atoms with E-state index in [4.69, 9.17) is 11.6 Å². The van der Waals surface area contributed by atoms with Crippen molar-refractivity contribution in [3.63, 3.8) is 0 Å². The van der Waals surface area contributed by atoms with E-state index in [-0.39, 0.29) is 11.7 Å². The molecule has 4 aromatic carbocycles. The smallest absolute Gasteiger partial charge is 0.273 e. The minimum Gasteiger partial charge on any atom is -0.318 e. The molecular formula is C28H21ClFN3O. The molecule has 0 atom stereocenters. The molecule has 1 heterocycles. The van der Waals surface area contributed by atoms with E-state index in [9.17, 15) is 9.18 Å². The Balaban J connectivity index is 1.49. The van der Waals surface area contributed by atoms with Gasteiger partial charge in [-0.3, -0.25) is 4.79 Å². The molecule has 0 saturated carbocycles. The third-order valence-electron chi connectivity index (χ3n) is 6.03. The van der Waals surface area contributed by atoms with Crippen LogP contribution in [0.1, 0.15) is 27.3 Å². The van der Waals surface area contributed by atoms with Crippen molar-refractivity contribution in [2.24, 2.45) is 5.10 Å². The van der Waals surface area contributed by atoms with Crippen LogP contribution in [0.25, 0.3) is 27.2 Å². The fourth-order valence-corrected chi connectivity index (χ4v) is 4.77. The Morgan fingerprint density at radius 3 is 2.06 bits per heavy atom. The normalized spacial score (nSPS) is 11.5. The van der Waals surface area contributed by atoms with Crippen LogP contribution in [0.2, 0.25) is 5.02 Å². The van der Waals surface area contributed by atoms with Gasteiger partial charge in [0, 0.05) is 33.4 Å². The maximum absolute atomic E-state index is 13.3. The summed E-state index contributed by atoms with van der Waals surface area (Å²) in [5, 5.41) is 8.75. The first-order valence-corrected chi connectivity index (χ1v) is 11.2. The lowest BCUT2D eigenvalue weighted by atomic mass is 9.97. The molecule has 5 aromatic rings. The fraction of sp³-hybridized carbons (Fsp3) is 0.0714. The van der Waals surface area contributed by atoms with Gasteiger partial charge >= 0.3 is 0 Å². The molecular weight excluding hydrogens is 449 g/mol.